The lowest BCUT2D eigenvalue weighted by Gasteiger charge is -2.22. The zero-order valence-electron chi connectivity index (χ0n) is 15.9. The van der Waals surface area contributed by atoms with Crippen LogP contribution in [0.4, 0.5) is 11.4 Å². The number of pyridine rings is 2. The van der Waals surface area contributed by atoms with E-state index in [4.69, 9.17) is 11.6 Å². The number of nitrogens with one attached hydrogen (secondary N) is 1. The molecule has 1 aliphatic rings. The highest BCUT2D eigenvalue weighted by Gasteiger charge is 2.22. The third-order valence-corrected chi connectivity index (χ3v) is 5.32. The number of carbonyl (C=O) groups is 1. The Morgan fingerprint density at radius 2 is 1.89 bits per heavy atom. The number of halogens is 1. The minimum atomic E-state index is 0.0152. The van der Waals surface area contributed by atoms with Crippen LogP contribution in [0.5, 0.6) is 0 Å². The van der Waals surface area contributed by atoms with Crippen molar-refractivity contribution in [3.63, 3.8) is 0 Å². The van der Waals surface area contributed by atoms with Crippen molar-refractivity contribution < 1.29 is 4.79 Å². The molecule has 0 aliphatic carbocycles. The van der Waals surface area contributed by atoms with Crippen LogP contribution in [0.1, 0.15) is 41.7 Å². The molecular formula is C22H23ClN4O. The Morgan fingerprint density at radius 3 is 2.64 bits per heavy atom. The van der Waals surface area contributed by atoms with Crippen LogP contribution in [-0.2, 0) is 0 Å². The largest absolute Gasteiger partial charge is 0.354 e. The van der Waals surface area contributed by atoms with Crippen molar-refractivity contribution in [2.45, 2.75) is 32.6 Å². The molecule has 28 heavy (non-hydrogen) atoms. The summed E-state index contributed by atoms with van der Waals surface area (Å²) >= 11 is 6.15. The standard InChI is InChI=1S/C22H23ClN4O/c1-15-9-10-18-20(26-17-8-6-7-16(23)13-17)19(14-24-21(18)25-15)22(28)27-11-4-2-3-5-12-27/h6-10,13-14H,2-5,11-12H2,1H3,(H,24,25,26). The first-order valence-electron chi connectivity index (χ1n) is 9.70. The van der Waals surface area contributed by atoms with Crippen LogP contribution in [0.3, 0.4) is 0 Å². The van der Waals surface area contributed by atoms with Gasteiger partial charge in [0.05, 0.1) is 11.3 Å². The van der Waals surface area contributed by atoms with Gasteiger partial charge in [-0.05, 0) is 50.1 Å². The monoisotopic (exact) mass is 394 g/mol. The number of amides is 1. The predicted molar refractivity (Wildman–Crippen MR) is 113 cm³/mol. The summed E-state index contributed by atoms with van der Waals surface area (Å²) in [6.45, 7) is 3.51. The fraction of sp³-hybridized carbons (Fsp3) is 0.318. The molecule has 0 unspecified atom stereocenters. The number of benzene rings is 1. The zero-order chi connectivity index (χ0) is 19.5. The summed E-state index contributed by atoms with van der Waals surface area (Å²) in [5.41, 5.74) is 3.64. The van der Waals surface area contributed by atoms with E-state index in [9.17, 15) is 4.79 Å². The first-order valence-corrected chi connectivity index (χ1v) is 10.1. The van der Waals surface area contributed by atoms with Gasteiger partial charge in [-0.2, -0.15) is 0 Å². The topological polar surface area (TPSA) is 58.1 Å². The molecular weight excluding hydrogens is 372 g/mol. The Bertz CT molecular complexity index is 1010. The summed E-state index contributed by atoms with van der Waals surface area (Å²) in [5.74, 6) is 0.0152. The van der Waals surface area contributed by atoms with Gasteiger partial charge in [-0.3, -0.25) is 4.79 Å². The van der Waals surface area contributed by atoms with E-state index in [0.717, 1.165) is 48.4 Å². The number of carbonyl (C=O) groups excluding carboxylic acids is 1. The van der Waals surface area contributed by atoms with E-state index in [2.05, 4.69) is 15.3 Å². The second kappa shape index (κ2) is 8.15. The van der Waals surface area contributed by atoms with Gasteiger partial charge in [0.15, 0.2) is 5.65 Å². The van der Waals surface area contributed by atoms with E-state index in [1.807, 2.05) is 48.2 Å². The quantitative estimate of drug-likeness (QED) is 0.650. The number of likely N-dealkylation sites (tertiary alicyclic amines) is 1. The maximum atomic E-state index is 13.3. The lowest BCUT2D eigenvalue weighted by Crippen LogP contribution is -2.32. The first-order chi connectivity index (χ1) is 13.6. The summed E-state index contributed by atoms with van der Waals surface area (Å²) in [6.07, 6.45) is 6.09. The van der Waals surface area contributed by atoms with Crippen LogP contribution in [0.2, 0.25) is 5.02 Å². The minimum Gasteiger partial charge on any atom is -0.354 e. The van der Waals surface area contributed by atoms with Crippen molar-refractivity contribution in [3.05, 3.63) is 58.9 Å². The van der Waals surface area contributed by atoms with Crippen LogP contribution < -0.4 is 5.32 Å². The maximum absolute atomic E-state index is 13.3. The van der Waals surface area contributed by atoms with Crippen molar-refractivity contribution in [2.24, 2.45) is 0 Å². The number of fused-ring (bicyclic) bond motifs is 1. The smallest absolute Gasteiger partial charge is 0.257 e. The summed E-state index contributed by atoms with van der Waals surface area (Å²) in [7, 11) is 0. The van der Waals surface area contributed by atoms with Gasteiger partial charge in [0, 0.05) is 41.1 Å². The molecule has 144 valence electrons. The Hall–Kier alpha value is -2.66. The Balaban J connectivity index is 1.80. The van der Waals surface area contributed by atoms with Crippen molar-refractivity contribution in [1.82, 2.24) is 14.9 Å². The van der Waals surface area contributed by atoms with Gasteiger partial charge in [0.25, 0.3) is 5.91 Å². The number of aromatic nitrogens is 2. The van der Waals surface area contributed by atoms with Crippen molar-refractivity contribution in [2.75, 3.05) is 18.4 Å². The van der Waals surface area contributed by atoms with Gasteiger partial charge in [0.2, 0.25) is 0 Å². The van der Waals surface area contributed by atoms with E-state index in [0.29, 0.717) is 16.2 Å². The molecule has 0 radical (unpaired) electrons. The molecule has 2 aromatic heterocycles. The molecule has 0 bridgehead atoms. The highest BCUT2D eigenvalue weighted by molar-refractivity contribution is 6.30. The Kier molecular flexibility index (Phi) is 5.44. The van der Waals surface area contributed by atoms with Crippen LogP contribution >= 0.6 is 11.6 Å². The van der Waals surface area contributed by atoms with Gasteiger partial charge < -0.3 is 10.2 Å². The van der Waals surface area contributed by atoms with Crippen molar-refractivity contribution in [3.8, 4) is 0 Å². The van der Waals surface area contributed by atoms with E-state index in [-0.39, 0.29) is 5.91 Å². The molecule has 3 aromatic rings. The summed E-state index contributed by atoms with van der Waals surface area (Å²) in [4.78, 5) is 24.3. The number of aryl methyl sites for hydroxylation is 1. The molecule has 5 nitrogen and oxygen atoms in total. The minimum absolute atomic E-state index is 0.0152. The van der Waals surface area contributed by atoms with Crippen LogP contribution in [0.25, 0.3) is 11.0 Å². The average Bonchev–Trinajstić information content (AvgIpc) is 2.97. The normalized spacial score (nSPS) is 14.7. The fourth-order valence-electron chi connectivity index (χ4n) is 3.62. The molecule has 1 amide bonds. The van der Waals surface area contributed by atoms with E-state index in [1.54, 1.807) is 6.20 Å². The van der Waals surface area contributed by atoms with Gasteiger partial charge in [0.1, 0.15) is 0 Å². The molecule has 1 aromatic carbocycles. The molecule has 1 N–H and O–H groups in total. The van der Waals surface area contributed by atoms with Crippen molar-refractivity contribution in [1.29, 1.82) is 0 Å². The zero-order valence-corrected chi connectivity index (χ0v) is 16.7. The lowest BCUT2D eigenvalue weighted by molar-refractivity contribution is 0.0762. The second-order valence-electron chi connectivity index (χ2n) is 7.21. The number of nitrogens with zero attached hydrogens (tertiary/aromatic N) is 3. The number of anilines is 2. The predicted octanol–water partition coefficient (Wildman–Crippen LogP) is 5.35. The molecule has 1 aliphatic heterocycles. The van der Waals surface area contributed by atoms with E-state index in [1.165, 1.54) is 12.8 Å². The Morgan fingerprint density at radius 1 is 1.11 bits per heavy atom. The van der Waals surface area contributed by atoms with Gasteiger partial charge in [-0.1, -0.05) is 30.5 Å². The highest BCUT2D eigenvalue weighted by Crippen LogP contribution is 2.31. The van der Waals surface area contributed by atoms with Crippen LogP contribution in [0.15, 0.2) is 42.6 Å². The molecule has 0 spiro atoms. The first kappa shape index (κ1) is 18.7. The molecule has 3 heterocycles. The fourth-order valence-corrected chi connectivity index (χ4v) is 3.81. The molecule has 4 rings (SSSR count). The summed E-state index contributed by atoms with van der Waals surface area (Å²) < 4.78 is 0. The third-order valence-electron chi connectivity index (χ3n) is 5.09. The molecule has 1 saturated heterocycles. The van der Waals surface area contributed by atoms with Gasteiger partial charge in [-0.15, -0.1) is 0 Å². The maximum Gasteiger partial charge on any atom is 0.257 e. The number of hydrogen-bond acceptors (Lipinski definition) is 4. The second-order valence-corrected chi connectivity index (χ2v) is 7.65. The van der Waals surface area contributed by atoms with Crippen LogP contribution in [-0.4, -0.2) is 33.9 Å². The van der Waals surface area contributed by atoms with E-state index < -0.39 is 0 Å². The Labute approximate surface area is 169 Å². The van der Waals surface area contributed by atoms with Gasteiger partial charge >= 0.3 is 0 Å². The highest BCUT2D eigenvalue weighted by atomic mass is 35.5. The SMILES string of the molecule is Cc1ccc2c(Nc3cccc(Cl)c3)c(C(=O)N3CCCCCC3)cnc2n1. The lowest BCUT2D eigenvalue weighted by atomic mass is 10.1. The number of rotatable bonds is 3. The molecule has 0 saturated carbocycles. The summed E-state index contributed by atoms with van der Waals surface area (Å²) in [6, 6.07) is 11.4. The third kappa shape index (κ3) is 3.94. The molecule has 6 heteroatoms. The van der Waals surface area contributed by atoms with E-state index >= 15 is 0 Å². The number of hydrogen-bond donors (Lipinski definition) is 1. The summed E-state index contributed by atoms with van der Waals surface area (Å²) in [5, 5.41) is 4.86. The van der Waals surface area contributed by atoms with Crippen LogP contribution in [0, 0.1) is 6.92 Å². The molecule has 1 fully saturated rings. The average molecular weight is 395 g/mol. The van der Waals surface area contributed by atoms with Crippen molar-refractivity contribution >= 4 is 39.9 Å². The molecule has 0 atom stereocenters. The van der Waals surface area contributed by atoms with Gasteiger partial charge in [-0.25, -0.2) is 9.97 Å².